The Morgan fingerprint density at radius 1 is 1.29 bits per heavy atom. The van der Waals surface area contributed by atoms with Crippen molar-refractivity contribution in [2.24, 2.45) is 0 Å². The van der Waals surface area contributed by atoms with E-state index in [0.29, 0.717) is 6.61 Å². The summed E-state index contributed by atoms with van der Waals surface area (Å²) in [6, 6.07) is 0. The summed E-state index contributed by atoms with van der Waals surface area (Å²) in [5.41, 5.74) is 1.06. The van der Waals surface area contributed by atoms with Crippen LogP contribution in [0, 0.1) is 0 Å². The molecule has 4 heteroatoms. The molecule has 0 spiro atoms. The van der Waals surface area contributed by atoms with Crippen molar-refractivity contribution in [3.8, 4) is 0 Å². The molecule has 1 aromatic heterocycles. The van der Waals surface area contributed by atoms with Crippen molar-refractivity contribution >= 4 is 11.3 Å². The molecular formula is C13H24N2OS. The fourth-order valence-corrected chi connectivity index (χ4v) is 2.42. The van der Waals surface area contributed by atoms with E-state index < -0.39 is 0 Å². The first-order valence-electron chi connectivity index (χ1n) is 6.52. The average Bonchev–Trinajstić information content (AvgIpc) is 2.76. The summed E-state index contributed by atoms with van der Waals surface area (Å²) in [6.07, 6.45) is 6.44. The Balaban J connectivity index is 2.01. The standard InChI is InChI=1S/C13H24N2OS/c1-3-4-5-6-7-8-16-10-12-11-17-13(15-12)9-14-2/h11,14H,3-10H2,1-2H3. The summed E-state index contributed by atoms with van der Waals surface area (Å²) in [5.74, 6) is 0. The second-order valence-corrected chi connectivity index (χ2v) is 5.17. The van der Waals surface area contributed by atoms with Gasteiger partial charge in [-0.25, -0.2) is 4.98 Å². The van der Waals surface area contributed by atoms with Gasteiger partial charge in [-0.1, -0.05) is 32.6 Å². The lowest BCUT2D eigenvalue weighted by molar-refractivity contribution is 0.114. The van der Waals surface area contributed by atoms with Crippen molar-refractivity contribution in [2.75, 3.05) is 13.7 Å². The molecule has 98 valence electrons. The molecule has 0 saturated carbocycles. The molecule has 0 radical (unpaired) electrons. The number of hydrogen-bond acceptors (Lipinski definition) is 4. The summed E-state index contributed by atoms with van der Waals surface area (Å²) in [5, 5.41) is 6.32. The normalized spacial score (nSPS) is 10.9. The summed E-state index contributed by atoms with van der Waals surface area (Å²) in [7, 11) is 1.94. The van der Waals surface area contributed by atoms with Crippen molar-refractivity contribution in [1.29, 1.82) is 0 Å². The maximum absolute atomic E-state index is 5.62. The van der Waals surface area contributed by atoms with Crippen LogP contribution in [0.25, 0.3) is 0 Å². The molecule has 1 rings (SSSR count). The number of thiazole rings is 1. The van der Waals surface area contributed by atoms with Gasteiger partial charge in [-0.05, 0) is 13.5 Å². The van der Waals surface area contributed by atoms with Gasteiger partial charge in [0.05, 0.1) is 12.3 Å². The quantitative estimate of drug-likeness (QED) is 0.652. The van der Waals surface area contributed by atoms with Gasteiger partial charge in [-0.2, -0.15) is 0 Å². The molecule has 0 fully saturated rings. The highest BCUT2D eigenvalue weighted by Gasteiger charge is 2.00. The number of aromatic nitrogens is 1. The third kappa shape index (κ3) is 6.76. The Morgan fingerprint density at radius 3 is 2.88 bits per heavy atom. The first-order chi connectivity index (χ1) is 8.36. The number of hydrogen-bond donors (Lipinski definition) is 1. The Kier molecular flexibility index (Phi) is 8.22. The van der Waals surface area contributed by atoms with Gasteiger partial charge in [0, 0.05) is 18.5 Å². The first kappa shape index (κ1) is 14.6. The summed E-state index contributed by atoms with van der Waals surface area (Å²) < 4.78 is 5.62. The van der Waals surface area contributed by atoms with Crippen molar-refractivity contribution < 1.29 is 4.74 Å². The van der Waals surface area contributed by atoms with E-state index >= 15 is 0 Å². The monoisotopic (exact) mass is 256 g/mol. The Morgan fingerprint density at radius 2 is 2.12 bits per heavy atom. The molecule has 1 aromatic rings. The van der Waals surface area contributed by atoms with Crippen LogP contribution in [0.1, 0.15) is 49.7 Å². The molecule has 0 unspecified atom stereocenters. The Labute approximate surface area is 109 Å². The third-order valence-corrected chi connectivity index (χ3v) is 3.47. The molecule has 3 nitrogen and oxygen atoms in total. The van der Waals surface area contributed by atoms with E-state index in [-0.39, 0.29) is 0 Å². The maximum atomic E-state index is 5.62. The number of unbranched alkanes of at least 4 members (excludes halogenated alkanes) is 4. The van der Waals surface area contributed by atoms with Crippen LogP contribution in [0.15, 0.2) is 5.38 Å². The van der Waals surface area contributed by atoms with Crippen LogP contribution in [0.3, 0.4) is 0 Å². The Bertz CT molecular complexity index is 289. The molecule has 1 N–H and O–H groups in total. The van der Waals surface area contributed by atoms with Gasteiger partial charge in [0.25, 0.3) is 0 Å². The van der Waals surface area contributed by atoms with E-state index in [1.807, 2.05) is 7.05 Å². The molecule has 0 aliphatic heterocycles. The highest BCUT2D eigenvalue weighted by atomic mass is 32.1. The molecule has 0 amide bonds. The zero-order valence-corrected chi connectivity index (χ0v) is 11.8. The second kappa shape index (κ2) is 9.57. The van der Waals surface area contributed by atoms with Crippen LogP contribution in [0.5, 0.6) is 0 Å². The van der Waals surface area contributed by atoms with E-state index in [0.717, 1.165) is 23.9 Å². The number of rotatable bonds is 10. The first-order valence-corrected chi connectivity index (χ1v) is 7.40. The topological polar surface area (TPSA) is 34.1 Å². The third-order valence-electron chi connectivity index (χ3n) is 2.57. The smallest absolute Gasteiger partial charge is 0.107 e. The maximum Gasteiger partial charge on any atom is 0.107 e. The highest BCUT2D eigenvalue weighted by Crippen LogP contribution is 2.10. The molecule has 0 atom stereocenters. The Hall–Kier alpha value is -0.450. The van der Waals surface area contributed by atoms with Gasteiger partial charge in [0.2, 0.25) is 0 Å². The summed E-state index contributed by atoms with van der Waals surface area (Å²) in [6.45, 7) is 4.61. The lowest BCUT2D eigenvalue weighted by Gasteiger charge is -2.02. The highest BCUT2D eigenvalue weighted by molar-refractivity contribution is 7.09. The van der Waals surface area contributed by atoms with Gasteiger partial charge in [-0.15, -0.1) is 11.3 Å². The SMILES string of the molecule is CCCCCCCOCc1csc(CNC)n1. The van der Waals surface area contributed by atoms with Gasteiger partial charge >= 0.3 is 0 Å². The zero-order chi connectivity index (χ0) is 12.3. The molecule has 0 aliphatic carbocycles. The number of nitrogens with one attached hydrogen (secondary N) is 1. The zero-order valence-electron chi connectivity index (χ0n) is 11.0. The average molecular weight is 256 g/mol. The minimum atomic E-state index is 0.661. The van der Waals surface area contributed by atoms with Crippen LogP contribution >= 0.6 is 11.3 Å². The van der Waals surface area contributed by atoms with E-state index in [1.54, 1.807) is 11.3 Å². The fourth-order valence-electron chi connectivity index (χ4n) is 1.63. The predicted molar refractivity (Wildman–Crippen MR) is 73.3 cm³/mol. The minimum Gasteiger partial charge on any atom is -0.375 e. The van der Waals surface area contributed by atoms with Crippen LogP contribution in [-0.4, -0.2) is 18.6 Å². The largest absolute Gasteiger partial charge is 0.375 e. The molecule has 0 saturated heterocycles. The van der Waals surface area contributed by atoms with Crippen LogP contribution in [0.4, 0.5) is 0 Å². The second-order valence-electron chi connectivity index (χ2n) is 4.23. The van der Waals surface area contributed by atoms with Gasteiger partial charge < -0.3 is 10.1 Å². The molecule has 1 heterocycles. The molecule has 0 aromatic carbocycles. The summed E-state index contributed by atoms with van der Waals surface area (Å²) >= 11 is 1.70. The van der Waals surface area contributed by atoms with Crippen molar-refractivity contribution in [2.45, 2.75) is 52.2 Å². The van der Waals surface area contributed by atoms with Crippen LogP contribution < -0.4 is 5.32 Å². The number of ether oxygens (including phenoxy) is 1. The van der Waals surface area contributed by atoms with Gasteiger partial charge in [0.1, 0.15) is 5.01 Å². The predicted octanol–water partition coefficient (Wildman–Crippen LogP) is 3.35. The van der Waals surface area contributed by atoms with E-state index in [9.17, 15) is 0 Å². The van der Waals surface area contributed by atoms with Crippen LogP contribution in [-0.2, 0) is 17.9 Å². The fraction of sp³-hybridized carbons (Fsp3) is 0.769. The van der Waals surface area contributed by atoms with E-state index in [2.05, 4.69) is 22.6 Å². The van der Waals surface area contributed by atoms with E-state index in [1.165, 1.54) is 32.1 Å². The van der Waals surface area contributed by atoms with Crippen molar-refractivity contribution in [3.63, 3.8) is 0 Å². The van der Waals surface area contributed by atoms with Crippen molar-refractivity contribution in [1.82, 2.24) is 10.3 Å². The van der Waals surface area contributed by atoms with Gasteiger partial charge in [-0.3, -0.25) is 0 Å². The molecule has 0 bridgehead atoms. The molecular weight excluding hydrogens is 232 g/mol. The summed E-state index contributed by atoms with van der Waals surface area (Å²) in [4.78, 5) is 4.48. The van der Waals surface area contributed by atoms with Gasteiger partial charge in [0.15, 0.2) is 0 Å². The lowest BCUT2D eigenvalue weighted by atomic mass is 10.2. The lowest BCUT2D eigenvalue weighted by Crippen LogP contribution is -2.04. The van der Waals surface area contributed by atoms with E-state index in [4.69, 9.17) is 4.74 Å². The molecule has 17 heavy (non-hydrogen) atoms. The number of nitrogens with zero attached hydrogens (tertiary/aromatic N) is 1. The van der Waals surface area contributed by atoms with Crippen LogP contribution in [0.2, 0.25) is 0 Å². The molecule has 0 aliphatic rings. The minimum absolute atomic E-state index is 0.661. The van der Waals surface area contributed by atoms with Crippen molar-refractivity contribution in [3.05, 3.63) is 16.1 Å².